The van der Waals surface area contributed by atoms with Crippen LogP contribution in [0.25, 0.3) is 0 Å². The van der Waals surface area contributed by atoms with Crippen LogP contribution in [0.15, 0.2) is 83.8 Å². The van der Waals surface area contributed by atoms with Crippen LogP contribution < -0.4 is 9.62 Å². The Morgan fingerprint density at radius 2 is 1.59 bits per heavy atom. The quantitative estimate of drug-likeness (QED) is 0.387. The first-order chi connectivity index (χ1) is 18.3. The molecular weight excluding hydrogens is 531 g/mol. The summed E-state index contributed by atoms with van der Waals surface area (Å²) in [5.41, 5.74) is 0.0758. The van der Waals surface area contributed by atoms with Gasteiger partial charge in [0, 0.05) is 13.1 Å². The minimum absolute atomic E-state index is 0.0149. The topological polar surface area (TPSA) is 86.8 Å². The van der Waals surface area contributed by atoms with Crippen LogP contribution in [0.4, 0.5) is 18.9 Å². The van der Waals surface area contributed by atoms with Gasteiger partial charge in [0.05, 0.1) is 16.1 Å². The summed E-state index contributed by atoms with van der Waals surface area (Å²) in [6, 6.07) is 17.4. The summed E-state index contributed by atoms with van der Waals surface area (Å²) in [6.45, 7) is 4.46. The summed E-state index contributed by atoms with van der Waals surface area (Å²) in [4.78, 5) is 27.4. The zero-order valence-electron chi connectivity index (χ0n) is 21.8. The van der Waals surface area contributed by atoms with Crippen LogP contribution in [-0.2, 0) is 32.3 Å². The number of likely N-dealkylation sites (N-methyl/N-ethyl adjacent to an activating group) is 1. The van der Waals surface area contributed by atoms with Crippen molar-refractivity contribution in [3.8, 4) is 0 Å². The number of anilines is 1. The highest BCUT2D eigenvalue weighted by Gasteiger charge is 2.35. The number of alkyl halides is 3. The number of hydrogen-bond donors (Lipinski definition) is 1. The lowest BCUT2D eigenvalue weighted by atomic mass is 10.1. The third-order valence-corrected chi connectivity index (χ3v) is 7.85. The highest BCUT2D eigenvalue weighted by molar-refractivity contribution is 7.92. The standard InChI is InChI=1S/C28H30F3N3O4S/c1-4-32-27(36)21(3)33(18-22-9-6-5-7-10-22)26(35)19-34(24-12-8-11-23(17-24)28(29,30)31)39(37,38)25-15-13-20(2)14-16-25/h5-17,21H,4,18-19H2,1-3H3,(H,32,36)/t21-/m1/s1. The van der Waals surface area contributed by atoms with Gasteiger partial charge < -0.3 is 10.2 Å². The summed E-state index contributed by atoms with van der Waals surface area (Å²) in [6.07, 6.45) is -4.73. The molecule has 3 rings (SSSR count). The number of carbonyl (C=O) groups is 2. The number of nitrogens with zero attached hydrogens (tertiary/aromatic N) is 2. The fraction of sp³-hybridized carbons (Fsp3) is 0.286. The van der Waals surface area contributed by atoms with Crippen LogP contribution in [0.2, 0.25) is 0 Å². The van der Waals surface area contributed by atoms with Crippen molar-refractivity contribution in [1.82, 2.24) is 10.2 Å². The summed E-state index contributed by atoms with van der Waals surface area (Å²) in [5, 5.41) is 2.65. The second kappa shape index (κ2) is 12.3. The van der Waals surface area contributed by atoms with E-state index in [1.54, 1.807) is 56.3 Å². The van der Waals surface area contributed by atoms with Crippen molar-refractivity contribution < 1.29 is 31.2 Å². The molecule has 0 fully saturated rings. The summed E-state index contributed by atoms with van der Waals surface area (Å²) >= 11 is 0. The van der Waals surface area contributed by atoms with Crippen molar-refractivity contribution in [3.05, 3.63) is 95.6 Å². The van der Waals surface area contributed by atoms with E-state index in [4.69, 9.17) is 0 Å². The van der Waals surface area contributed by atoms with Gasteiger partial charge in [0.2, 0.25) is 11.8 Å². The average Bonchev–Trinajstić information content (AvgIpc) is 2.90. The van der Waals surface area contributed by atoms with Gasteiger partial charge in [0.25, 0.3) is 10.0 Å². The Kier molecular flexibility index (Phi) is 9.39. The van der Waals surface area contributed by atoms with Crippen molar-refractivity contribution in [2.75, 3.05) is 17.4 Å². The SMILES string of the molecule is CCNC(=O)[C@@H](C)N(Cc1ccccc1)C(=O)CN(c1cccc(C(F)(F)F)c1)S(=O)(=O)c1ccc(C)cc1. The number of carbonyl (C=O) groups excluding carboxylic acids is 2. The molecule has 0 aliphatic carbocycles. The fourth-order valence-corrected chi connectivity index (χ4v) is 5.29. The molecule has 0 unspecified atom stereocenters. The number of halogens is 3. The first-order valence-electron chi connectivity index (χ1n) is 12.2. The number of hydrogen-bond acceptors (Lipinski definition) is 4. The van der Waals surface area contributed by atoms with E-state index in [0.717, 1.165) is 17.7 Å². The molecule has 1 atom stereocenters. The Labute approximate surface area is 226 Å². The molecule has 3 aromatic carbocycles. The third kappa shape index (κ3) is 7.38. The van der Waals surface area contributed by atoms with Gasteiger partial charge in [0.1, 0.15) is 12.6 Å². The van der Waals surface area contributed by atoms with Gasteiger partial charge in [-0.15, -0.1) is 0 Å². The Morgan fingerprint density at radius 3 is 2.18 bits per heavy atom. The number of rotatable bonds is 10. The Balaban J connectivity index is 2.08. The molecule has 39 heavy (non-hydrogen) atoms. The summed E-state index contributed by atoms with van der Waals surface area (Å²) < 4.78 is 68.6. The predicted molar refractivity (Wildman–Crippen MR) is 142 cm³/mol. The number of benzene rings is 3. The van der Waals surface area contributed by atoms with Crippen LogP contribution >= 0.6 is 0 Å². The van der Waals surface area contributed by atoms with E-state index in [2.05, 4.69) is 5.32 Å². The molecule has 7 nitrogen and oxygen atoms in total. The molecular formula is C28H30F3N3O4S. The Bertz CT molecular complexity index is 1400. The molecule has 0 radical (unpaired) electrons. The largest absolute Gasteiger partial charge is 0.416 e. The number of aryl methyl sites for hydroxylation is 1. The van der Waals surface area contributed by atoms with E-state index in [9.17, 15) is 31.2 Å². The molecule has 0 bridgehead atoms. The Morgan fingerprint density at radius 1 is 0.949 bits per heavy atom. The molecule has 2 amide bonds. The van der Waals surface area contributed by atoms with Gasteiger partial charge in [0.15, 0.2) is 0 Å². The van der Waals surface area contributed by atoms with Crippen LogP contribution in [0, 0.1) is 6.92 Å². The molecule has 11 heteroatoms. The van der Waals surface area contributed by atoms with E-state index < -0.39 is 46.2 Å². The van der Waals surface area contributed by atoms with Gasteiger partial charge in [-0.2, -0.15) is 13.2 Å². The molecule has 0 aliphatic heterocycles. The zero-order chi connectivity index (χ0) is 28.8. The maximum atomic E-state index is 13.7. The predicted octanol–water partition coefficient (Wildman–Crippen LogP) is 4.76. The van der Waals surface area contributed by atoms with E-state index in [-0.39, 0.29) is 17.1 Å². The van der Waals surface area contributed by atoms with Crippen molar-refractivity contribution in [3.63, 3.8) is 0 Å². The van der Waals surface area contributed by atoms with Crippen LogP contribution in [0.1, 0.15) is 30.5 Å². The monoisotopic (exact) mass is 561 g/mol. The van der Waals surface area contributed by atoms with Crippen molar-refractivity contribution in [1.29, 1.82) is 0 Å². The second-order valence-electron chi connectivity index (χ2n) is 8.95. The van der Waals surface area contributed by atoms with Crippen LogP contribution in [0.5, 0.6) is 0 Å². The lowest BCUT2D eigenvalue weighted by Crippen LogP contribution is -2.51. The normalized spacial score (nSPS) is 12.5. The molecule has 208 valence electrons. The highest BCUT2D eigenvalue weighted by atomic mass is 32.2. The first-order valence-corrected chi connectivity index (χ1v) is 13.7. The average molecular weight is 562 g/mol. The minimum Gasteiger partial charge on any atom is -0.355 e. The second-order valence-corrected chi connectivity index (χ2v) is 10.8. The molecule has 0 spiro atoms. The van der Waals surface area contributed by atoms with Gasteiger partial charge in [-0.1, -0.05) is 54.1 Å². The minimum atomic E-state index is -4.73. The summed E-state index contributed by atoms with van der Waals surface area (Å²) in [7, 11) is -4.47. The molecule has 0 saturated carbocycles. The highest BCUT2D eigenvalue weighted by Crippen LogP contribution is 2.33. The third-order valence-electron chi connectivity index (χ3n) is 6.06. The van der Waals surface area contributed by atoms with Crippen molar-refractivity contribution >= 4 is 27.5 Å². The first kappa shape index (κ1) is 29.7. The smallest absolute Gasteiger partial charge is 0.355 e. The number of sulfonamides is 1. The maximum Gasteiger partial charge on any atom is 0.416 e. The van der Waals surface area contributed by atoms with Crippen molar-refractivity contribution in [2.24, 2.45) is 0 Å². The lowest BCUT2D eigenvalue weighted by Gasteiger charge is -2.32. The molecule has 0 heterocycles. The number of nitrogens with one attached hydrogen (secondary N) is 1. The Hall–Kier alpha value is -3.86. The molecule has 1 N–H and O–H groups in total. The van der Waals surface area contributed by atoms with Gasteiger partial charge in [-0.05, 0) is 56.7 Å². The van der Waals surface area contributed by atoms with Gasteiger partial charge in [-0.25, -0.2) is 8.42 Å². The fourth-order valence-electron chi connectivity index (χ4n) is 3.89. The molecule has 0 saturated heterocycles. The van der Waals surface area contributed by atoms with Gasteiger partial charge >= 0.3 is 6.18 Å². The molecule has 0 aliphatic rings. The lowest BCUT2D eigenvalue weighted by molar-refractivity contribution is -0.139. The maximum absolute atomic E-state index is 13.7. The van der Waals surface area contributed by atoms with Gasteiger partial charge in [-0.3, -0.25) is 13.9 Å². The van der Waals surface area contributed by atoms with Crippen LogP contribution in [0.3, 0.4) is 0 Å². The van der Waals surface area contributed by atoms with Crippen molar-refractivity contribution in [2.45, 2.75) is 44.4 Å². The van der Waals surface area contributed by atoms with E-state index in [1.807, 2.05) is 0 Å². The number of amides is 2. The van der Waals surface area contributed by atoms with E-state index in [1.165, 1.54) is 30.0 Å². The van der Waals surface area contributed by atoms with Crippen LogP contribution in [-0.4, -0.2) is 44.3 Å². The van der Waals surface area contributed by atoms with E-state index >= 15 is 0 Å². The summed E-state index contributed by atoms with van der Waals surface area (Å²) in [5.74, 6) is -1.21. The molecule has 3 aromatic rings. The zero-order valence-corrected chi connectivity index (χ0v) is 22.6. The molecule has 0 aromatic heterocycles. The van der Waals surface area contributed by atoms with E-state index in [0.29, 0.717) is 22.5 Å².